The molecule has 0 aliphatic heterocycles. The van der Waals surface area contributed by atoms with Crippen molar-refractivity contribution < 1.29 is 9.21 Å². The van der Waals surface area contributed by atoms with E-state index < -0.39 is 0 Å². The monoisotopic (exact) mass is 256 g/mol. The molecule has 3 rings (SSSR count). The van der Waals surface area contributed by atoms with Crippen LogP contribution in [0.4, 0.5) is 0 Å². The fraction of sp³-hybridized carbons (Fsp3) is 0.333. The number of amides is 1. The summed E-state index contributed by atoms with van der Waals surface area (Å²) in [5.74, 6) is 0.853. The third kappa shape index (κ3) is 2.67. The van der Waals surface area contributed by atoms with Crippen molar-refractivity contribution in [3.63, 3.8) is 0 Å². The minimum Gasteiger partial charge on any atom is -0.467 e. The van der Waals surface area contributed by atoms with Crippen LogP contribution < -0.4 is 0 Å². The highest BCUT2D eigenvalue weighted by Gasteiger charge is 2.33. The zero-order valence-electron chi connectivity index (χ0n) is 10.9. The third-order valence-corrected chi connectivity index (χ3v) is 3.31. The first kappa shape index (κ1) is 12.0. The van der Waals surface area contributed by atoms with Crippen LogP contribution in [0.2, 0.25) is 0 Å². The van der Waals surface area contributed by atoms with Crippen molar-refractivity contribution in [1.82, 2.24) is 9.88 Å². The molecule has 98 valence electrons. The van der Waals surface area contributed by atoms with Gasteiger partial charge in [0, 0.05) is 17.9 Å². The van der Waals surface area contributed by atoms with Gasteiger partial charge in [0.25, 0.3) is 5.91 Å². The van der Waals surface area contributed by atoms with E-state index in [2.05, 4.69) is 4.98 Å². The van der Waals surface area contributed by atoms with E-state index in [4.69, 9.17) is 4.42 Å². The molecule has 1 aliphatic carbocycles. The van der Waals surface area contributed by atoms with Crippen LogP contribution >= 0.6 is 0 Å². The molecule has 0 atom stereocenters. The molecule has 1 fully saturated rings. The van der Waals surface area contributed by atoms with Gasteiger partial charge in [-0.15, -0.1) is 0 Å². The molecule has 0 unspecified atom stereocenters. The van der Waals surface area contributed by atoms with Crippen molar-refractivity contribution in [2.24, 2.45) is 0 Å². The molecule has 2 aromatic rings. The number of hydrogen-bond acceptors (Lipinski definition) is 3. The Hall–Kier alpha value is -2.10. The number of rotatable bonds is 4. The summed E-state index contributed by atoms with van der Waals surface area (Å²) < 4.78 is 5.34. The highest BCUT2D eigenvalue weighted by molar-refractivity contribution is 5.94. The van der Waals surface area contributed by atoms with Gasteiger partial charge in [0.2, 0.25) is 0 Å². The largest absolute Gasteiger partial charge is 0.467 e. The smallest absolute Gasteiger partial charge is 0.256 e. The number of pyridine rings is 1. The zero-order valence-corrected chi connectivity index (χ0v) is 10.9. The fourth-order valence-electron chi connectivity index (χ4n) is 2.08. The van der Waals surface area contributed by atoms with Gasteiger partial charge in [0.1, 0.15) is 5.76 Å². The average molecular weight is 256 g/mol. The van der Waals surface area contributed by atoms with Crippen LogP contribution in [-0.2, 0) is 6.54 Å². The van der Waals surface area contributed by atoms with Crippen LogP contribution in [0.15, 0.2) is 41.1 Å². The predicted octanol–water partition coefficient (Wildman–Crippen LogP) is 2.79. The number of aryl methyl sites for hydroxylation is 1. The van der Waals surface area contributed by atoms with Gasteiger partial charge >= 0.3 is 0 Å². The number of furan rings is 1. The lowest BCUT2D eigenvalue weighted by atomic mass is 10.2. The lowest BCUT2D eigenvalue weighted by Crippen LogP contribution is -2.32. The van der Waals surface area contributed by atoms with E-state index >= 15 is 0 Å². The van der Waals surface area contributed by atoms with Crippen LogP contribution in [0.25, 0.3) is 0 Å². The van der Waals surface area contributed by atoms with Gasteiger partial charge < -0.3 is 9.32 Å². The van der Waals surface area contributed by atoms with E-state index in [0.717, 1.165) is 24.3 Å². The molecule has 1 amide bonds. The normalized spacial score (nSPS) is 14.4. The Morgan fingerprint density at radius 1 is 1.42 bits per heavy atom. The van der Waals surface area contributed by atoms with Crippen LogP contribution in [0, 0.1) is 6.92 Å². The van der Waals surface area contributed by atoms with Crippen LogP contribution in [0.1, 0.15) is 34.7 Å². The summed E-state index contributed by atoms with van der Waals surface area (Å²) in [7, 11) is 0. The Kier molecular flexibility index (Phi) is 3.07. The van der Waals surface area contributed by atoms with Crippen molar-refractivity contribution in [2.45, 2.75) is 32.4 Å². The first-order valence-corrected chi connectivity index (χ1v) is 6.50. The molecule has 2 aromatic heterocycles. The van der Waals surface area contributed by atoms with E-state index in [1.807, 2.05) is 36.1 Å². The molecule has 0 aromatic carbocycles. The van der Waals surface area contributed by atoms with Gasteiger partial charge in [-0.05, 0) is 44.0 Å². The van der Waals surface area contributed by atoms with Crippen LogP contribution in [-0.4, -0.2) is 21.8 Å². The van der Waals surface area contributed by atoms with Crippen LogP contribution in [0.3, 0.4) is 0 Å². The molecule has 4 nitrogen and oxygen atoms in total. The molecule has 0 spiro atoms. The van der Waals surface area contributed by atoms with Gasteiger partial charge in [-0.3, -0.25) is 9.78 Å². The van der Waals surface area contributed by atoms with Gasteiger partial charge in [0.05, 0.1) is 18.4 Å². The number of aromatic nitrogens is 1. The first-order valence-electron chi connectivity index (χ1n) is 6.50. The summed E-state index contributed by atoms with van der Waals surface area (Å²) in [4.78, 5) is 18.6. The van der Waals surface area contributed by atoms with Crippen molar-refractivity contribution in [3.05, 3.63) is 53.7 Å². The van der Waals surface area contributed by atoms with Crippen LogP contribution in [0.5, 0.6) is 0 Å². The summed E-state index contributed by atoms with van der Waals surface area (Å²) in [5.41, 5.74) is 1.56. The summed E-state index contributed by atoms with van der Waals surface area (Å²) >= 11 is 0. The van der Waals surface area contributed by atoms with Crippen molar-refractivity contribution in [2.75, 3.05) is 0 Å². The van der Waals surface area contributed by atoms with Gasteiger partial charge in [-0.2, -0.15) is 0 Å². The second-order valence-electron chi connectivity index (χ2n) is 4.93. The van der Waals surface area contributed by atoms with E-state index in [0.29, 0.717) is 18.2 Å². The van der Waals surface area contributed by atoms with Gasteiger partial charge in [-0.1, -0.05) is 0 Å². The maximum absolute atomic E-state index is 12.5. The zero-order chi connectivity index (χ0) is 13.2. The second kappa shape index (κ2) is 4.88. The highest BCUT2D eigenvalue weighted by Crippen LogP contribution is 2.29. The SMILES string of the molecule is Cc1ccc(C(=O)N(Cc2ccco2)C2CC2)cn1. The molecule has 0 saturated heterocycles. The Morgan fingerprint density at radius 3 is 2.84 bits per heavy atom. The predicted molar refractivity (Wildman–Crippen MR) is 70.6 cm³/mol. The maximum Gasteiger partial charge on any atom is 0.256 e. The molecular weight excluding hydrogens is 240 g/mol. The lowest BCUT2D eigenvalue weighted by Gasteiger charge is -2.21. The molecule has 0 N–H and O–H groups in total. The van der Waals surface area contributed by atoms with E-state index in [9.17, 15) is 4.79 Å². The lowest BCUT2D eigenvalue weighted by molar-refractivity contribution is 0.0717. The number of nitrogens with zero attached hydrogens (tertiary/aromatic N) is 2. The van der Waals surface area contributed by atoms with Gasteiger partial charge in [-0.25, -0.2) is 0 Å². The van der Waals surface area contributed by atoms with E-state index in [1.54, 1.807) is 12.5 Å². The summed E-state index contributed by atoms with van der Waals surface area (Å²) in [6.45, 7) is 2.44. The third-order valence-electron chi connectivity index (χ3n) is 3.31. The number of carbonyl (C=O) groups is 1. The maximum atomic E-state index is 12.5. The standard InChI is InChI=1S/C15H16N2O2/c1-11-4-5-12(9-16-11)15(18)17(13-6-7-13)10-14-3-2-8-19-14/h2-5,8-9,13H,6-7,10H2,1H3. The molecular formula is C15H16N2O2. The van der Waals surface area contributed by atoms with E-state index in [-0.39, 0.29) is 5.91 Å². The minimum atomic E-state index is 0.0337. The first-order chi connectivity index (χ1) is 9.24. The van der Waals surface area contributed by atoms with Crippen molar-refractivity contribution >= 4 is 5.91 Å². The molecule has 1 saturated carbocycles. The van der Waals surface area contributed by atoms with Crippen molar-refractivity contribution in [1.29, 1.82) is 0 Å². The summed E-state index contributed by atoms with van der Waals surface area (Å²) in [5, 5.41) is 0. The Labute approximate surface area is 112 Å². The number of carbonyl (C=O) groups excluding carboxylic acids is 1. The number of hydrogen-bond donors (Lipinski definition) is 0. The fourth-order valence-corrected chi connectivity index (χ4v) is 2.08. The minimum absolute atomic E-state index is 0.0337. The Bertz CT molecular complexity index is 556. The quantitative estimate of drug-likeness (QED) is 0.845. The molecule has 0 bridgehead atoms. The highest BCUT2D eigenvalue weighted by atomic mass is 16.3. The Balaban J connectivity index is 1.79. The van der Waals surface area contributed by atoms with Gasteiger partial charge in [0.15, 0.2) is 0 Å². The summed E-state index contributed by atoms with van der Waals surface area (Å²) in [6, 6.07) is 7.79. The van der Waals surface area contributed by atoms with Crippen molar-refractivity contribution in [3.8, 4) is 0 Å². The molecule has 2 heterocycles. The second-order valence-corrected chi connectivity index (χ2v) is 4.93. The molecule has 4 heteroatoms. The van der Waals surface area contributed by atoms with E-state index in [1.165, 1.54) is 0 Å². The topological polar surface area (TPSA) is 46.3 Å². The summed E-state index contributed by atoms with van der Waals surface area (Å²) in [6.07, 6.45) is 5.44. The average Bonchev–Trinajstić information content (AvgIpc) is 3.13. The molecule has 0 radical (unpaired) electrons. The Morgan fingerprint density at radius 2 is 2.26 bits per heavy atom. The molecule has 1 aliphatic rings. The molecule has 19 heavy (non-hydrogen) atoms.